The summed E-state index contributed by atoms with van der Waals surface area (Å²) >= 11 is 1.44. The minimum absolute atomic E-state index is 0.0222. The number of benzene rings is 1. The van der Waals surface area contributed by atoms with Crippen LogP contribution in [0.25, 0.3) is 0 Å². The largest absolute Gasteiger partial charge is 0.379 e. The number of fused-ring (bicyclic) bond motifs is 1. The molecule has 4 rings (SSSR count). The van der Waals surface area contributed by atoms with Crippen molar-refractivity contribution in [2.45, 2.75) is 12.0 Å². The molecule has 0 aliphatic carbocycles. The highest BCUT2D eigenvalue weighted by Gasteiger charge is 2.49. The zero-order chi connectivity index (χ0) is 19.0. The van der Waals surface area contributed by atoms with Crippen LogP contribution in [-0.4, -0.2) is 34.9 Å². The summed E-state index contributed by atoms with van der Waals surface area (Å²) in [7, 11) is 0. The molecule has 2 aliphatic heterocycles. The van der Waals surface area contributed by atoms with Gasteiger partial charge in [0.25, 0.3) is 0 Å². The third kappa shape index (κ3) is 3.35. The van der Waals surface area contributed by atoms with Gasteiger partial charge in [-0.05, 0) is 29.8 Å². The number of hydrogen-bond donors (Lipinski definition) is 1. The number of aliphatic imine (C=N–C) groups is 1. The maximum absolute atomic E-state index is 14.7. The average Bonchev–Trinajstić information content (AvgIpc) is 3.07. The van der Waals surface area contributed by atoms with E-state index in [0.29, 0.717) is 28.7 Å². The number of ketones is 1. The van der Waals surface area contributed by atoms with E-state index in [1.165, 1.54) is 30.0 Å². The van der Waals surface area contributed by atoms with E-state index in [-0.39, 0.29) is 30.4 Å². The molecule has 0 amide bonds. The van der Waals surface area contributed by atoms with E-state index < -0.39 is 17.2 Å². The molecule has 1 saturated heterocycles. The Morgan fingerprint density at radius 2 is 2.19 bits per heavy atom. The summed E-state index contributed by atoms with van der Waals surface area (Å²) in [6, 6.07) is 7.09. The molecule has 0 spiro atoms. The fraction of sp³-hybridized carbons (Fsp3) is 0.316. The summed E-state index contributed by atoms with van der Waals surface area (Å²) in [5, 5.41) is 0.410. The van der Waals surface area contributed by atoms with Crippen molar-refractivity contribution >= 4 is 22.7 Å². The Morgan fingerprint density at radius 3 is 2.96 bits per heavy atom. The summed E-state index contributed by atoms with van der Waals surface area (Å²) in [5.74, 6) is -0.449. The first kappa shape index (κ1) is 18.1. The van der Waals surface area contributed by atoms with Gasteiger partial charge in [0.2, 0.25) is 0 Å². The van der Waals surface area contributed by atoms with Gasteiger partial charge in [0, 0.05) is 23.7 Å². The number of carbonyl (C=O) groups is 1. The zero-order valence-electron chi connectivity index (χ0n) is 14.3. The Balaban J connectivity index is 1.67. The van der Waals surface area contributed by atoms with Crippen LogP contribution in [-0.2, 0) is 16.7 Å². The topological polar surface area (TPSA) is 77.6 Å². The second kappa shape index (κ2) is 7.01. The van der Waals surface area contributed by atoms with Crippen LogP contribution in [0.5, 0.6) is 0 Å². The predicted octanol–water partition coefficient (Wildman–Crippen LogP) is 2.69. The molecule has 1 aromatic heterocycles. The van der Waals surface area contributed by atoms with E-state index in [4.69, 9.17) is 10.5 Å². The van der Waals surface area contributed by atoms with E-state index in [0.717, 1.165) is 6.20 Å². The van der Waals surface area contributed by atoms with Gasteiger partial charge < -0.3 is 10.5 Å². The van der Waals surface area contributed by atoms with Crippen LogP contribution in [0.4, 0.5) is 8.78 Å². The van der Waals surface area contributed by atoms with Gasteiger partial charge >= 0.3 is 0 Å². The second-order valence-corrected chi connectivity index (χ2v) is 7.71. The van der Waals surface area contributed by atoms with E-state index in [1.807, 2.05) is 0 Å². The molecule has 0 radical (unpaired) electrons. The van der Waals surface area contributed by atoms with Crippen molar-refractivity contribution in [2.75, 3.05) is 19.0 Å². The monoisotopic (exact) mass is 389 g/mol. The standard InChI is InChI=1S/C19H17F2N3O2S/c20-13-2-4-16(23-7-13)17(25)6-11-1-3-15(21)14(5-11)19-10-26-8-12(19)9-27-18(22)24-19/h1-5,7,12H,6,8-10H2,(H2,22,24)/t12-,19-/m0/s1. The molecule has 2 aromatic rings. The highest BCUT2D eigenvalue weighted by molar-refractivity contribution is 8.13. The number of nitrogens with zero attached hydrogens (tertiary/aromatic N) is 2. The van der Waals surface area contributed by atoms with Crippen molar-refractivity contribution in [3.63, 3.8) is 0 Å². The molecule has 3 heterocycles. The smallest absolute Gasteiger partial charge is 0.185 e. The molecule has 2 N–H and O–H groups in total. The number of ether oxygens (including phenoxy) is 1. The van der Waals surface area contributed by atoms with Crippen molar-refractivity contribution in [2.24, 2.45) is 16.6 Å². The fourth-order valence-electron chi connectivity index (χ4n) is 3.53. The van der Waals surface area contributed by atoms with Crippen molar-refractivity contribution in [3.05, 3.63) is 65.0 Å². The molecule has 0 unspecified atom stereocenters. The highest BCUT2D eigenvalue weighted by atomic mass is 32.2. The number of pyridine rings is 1. The molecule has 1 aromatic carbocycles. The van der Waals surface area contributed by atoms with Crippen LogP contribution < -0.4 is 5.73 Å². The lowest BCUT2D eigenvalue weighted by molar-refractivity contribution is 0.0988. The van der Waals surface area contributed by atoms with Crippen LogP contribution in [0.3, 0.4) is 0 Å². The van der Waals surface area contributed by atoms with Crippen LogP contribution in [0.1, 0.15) is 21.6 Å². The minimum atomic E-state index is -0.855. The van der Waals surface area contributed by atoms with Crippen molar-refractivity contribution in [3.8, 4) is 0 Å². The summed E-state index contributed by atoms with van der Waals surface area (Å²) in [5.41, 5.74) is 6.25. The summed E-state index contributed by atoms with van der Waals surface area (Å²) in [6.07, 6.45) is 1.03. The third-order valence-electron chi connectivity index (χ3n) is 4.93. The van der Waals surface area contributed by atoms with Crippen LogP contribution in [0, 0.1) is 17.6 Å². The zero-order valence-corrected chi connectivity index (χ0v) is 15.1. The maximum Gasteiger partial charge on any atom is 0.185 e. The van der Waals surface area contributed by atoms with Crippen LogP contribution >= 0.6 is 11.8 Å². The Hall–Kier alpha value is -2.32. The molecule has 1 fully saturated rings. The van der Waals surface area contributed by atoms with Crippen molar-refractivity contribution in [1.29, 1.82) is 0 Å². The number of rotatable bonds is 4. The van der Waals surface area contributed by atoms with Gasteiger partial charge in [-0.15, -0.1) is 0 Å². The van der Waals surface area contributed by atoms with Gasteiger partial charge in [-0.3, -0.25) is 9.78 Å². The normalized spacial score (nSPS) is 24.4. The lowest BCUT2D eigenvalue weighted by Gasteiger charge is -2.34. The van der Waals surface area contributed by atoms with E-state index in [2.05, 4.69) is 9.98 Å². The van der Waals surface area contributed by atoms with Crippen molar-refractivity contribution < 1.29 is 18.3 Å². The lowest BCUT2D eigenvalue weighted by atomic mass is 9.80. The van der Waals surface area contributed by atoms with E-state index >= 15 is 0 Å². The van der Waals surface area contributed by atoms with Gasteiger partial charge in [-0.2, -0.15) is 0 Å². The lowest BCUT2D eigenvalue weighted by Crippen LogP contribution is -2.40. The number of halogens is 2. The first-order valence-corrected chi connectivity index (χ1v) is 9.46. The molecule has 0 bridgehead atoms. The van der Waals surface area contributed by atoms with Crippen LogP contribution in [0.15, 0.2) is 41.5 Å². The maximum atomic E-state index is 14.7. The first-order valence-electron chi connectivity index (χ1n) is 8.47. The fourth-order valence-corrected chi connectivity index (χ4v) is 4.50. The van der Waals surface area contributed by atoms with Crippen LogP contribution in [0.2, 0.25) is 0 Å². The van der Waals surface area contributed by atoms with Gasteiger partial charge in [-0.1, -0.05) is 17.8 Å². The molecular formula is C19H17F2N3O2S. The molecule has 5 nitrogen and oxygen atoms in total. The number of Topliss-reactive ketones (excluding diaryl/α,β-unsaturated/α-hetero) is 1. The van der Waals surface area contributed by atoms with Gasteiger partial charge in [0.15, 0.2) is 11.0 Å². The van der Waals surface area contributed by atoms with Crippen molar-refractivity contribution in [1.82, 2.24) is 4.98 Å². The number of hydrogen-bond acceptors (Lipinski definition) is 6. The Morgan fingerprint density at radius 1 is 1.33 bits per heavy atom. The van der Waals surface area contributed by atoms with Gasteiger partial charge in [0.1, 0.15) is 22.9 Å². The predicted molar refractivity (Wildman–Crippen MR) is 98.7 cm³/mol. The van der Waals surface area contributed by atoms with E-state index in [9.17, 15) is 13.6 Å². The Bertz CT molecular complexity index is 920. The average molecular weight is 389 g/mol. The molecule has 0 saturated carbocycles. The van der Waals surface area contributed by atoms with Gasteiger partial charge in [0.05, 0.1) is 19.4 Å². The first-order chi connectivity index (χ1) is 13.0. The summed E-state index contributed by atoms with van der Waals surface area (Å²) in [6.45, 7) is 0.749. The highest BCUT2D eigenvalue weighted by Crippen LogP contribution is 2.45. The molecule has 140 valence electrons. The SMILES string of the molecule is NC1=N[C@@]2(c3cc(CC(=O)c4ccc(F)cn4)ccc3F)COC[C@H]2CS1. The number of amidine groups is 1. The molecular weight excluding hydrogens is 372 g/mol. The third-order valence-corrected chi connectivity index (χ3v) is 5.89. The molecule has 2 atom stereocenters. The molecule has 2 aliphatic rings. The summed E-state index contributed by atoms with van der Waals surface area (Å²) < 4.78 is 33.3. The second-order valence-electron chi connectivity index (χ2n) is 6.67. The molecule has 8 heteroatoms. The number of thioether (sulfide) groups is 1. The summed E-state index contributed by atoms with van der Waals surface area (Å²) in [4.78, 5) is 20.8. The molecule has 27 heavy (non-hydrogen) atoms. The number of nitrogens with two attached hydrogens (primary N) is 1. The number of aromatic nitrogens is 1. The minimum Gasteiger partial charge on any atom is -0.379 e. The quantitative estimate of drug-likeness (QED) is 0.814. The van der Waals surface area contributed by atoms with E-state index in [1.54, 1.807) is 12.1 Å². The Labute approximate surface area is 159 Å². The Kier molecular flexibility index (Phi) is 4.69. The number of carbonyl (C=O) groups excluding carboxylic acids is 1. The van der Waals surface area contributed by atoms with Gasteiger partial charge in [-0.25, -0.2) is 13.8 Å².